The lowest BCUT2D eigenvalue weighted by atomic mass is 10.2. The molecule has 1 aromatic carbocycles. The monoisotopic (exact) mass is 300 g/mol. The first-order valence-corrected chi connectivity index (χ1v) is 5.70. The molecule has 0 unspecified atom stereocenters. The van der Waals surface area contributed by atoms with E-state index in [2.05, 4.69) is 26.6 Å². The highest BCUT2D eigenvalue weighted by molar-refractivity contribution is 9.10. The fourth-order valence-corrected chi connectivity index (χ4v) is 1.54. The van der Waals surface area contributed by atoms with Gasteiger partial charge in [-0.3, -0.25) is 9.59 Å². The highest BCUT2D eigenvalue weighted by Crippen LogP contribution is 2.23. The summed E-state index contributed by atoms with van der Waals surface area (Å²) in [6.07, 6.45) is 0. The summed E-state index contributed by atoms with van der Waals surface area (Å²) in [6, 6.07) is 5.05. The Morgan fingerprint density at radius 1 is 1.41 bits per heavy atom. The molecule has 0 heterocycles. The van der Waals surface area contributed by atoms with E-state index in [0.717, 1.165) is 4.47 Å². The predicted octanol–water partition coefficient (Wildman–Crippen LogP) is 0.933. The summed E-state index contributed by atoms with van der Waals surface area (Å²) >= 11 is 3.28. The van der Waals surface area contributed by atoms with Gasteiger partial charge in [0.25, 0.3) is 5.91 Å². The number of hydrogen-bond donors (Lipinski definition) is 2. The standard InChI is InChI=1S/C11H13BrN2O3/c1-13-10(15)6-14-11(16)8-4-3-7(12)5-9(8)17-2/h3-5H,6H2,1-2H3,(H,13,15)(H,14,16). The van der Waals surface area contributed by atoms with Gasteiger partial charge in [0.2, 0.25) is 5.91 Å². The van der Waals surface area contributed by atoms with E-state index in [0.29, 0.717) is 11.3 Å². The highest BCUT2D eigenvalue weighted by Gasteiger charge is 2.12. The molecule has 17 heavy (non-hydrogen) atoms. The third kappa shape index (κ3) is 3.74. The zero-order valence-corrected chi connectivity index (χ0v) is 11.1. The predicted molar refractivity (Wildman–Crippen MR) is 67.1 cm³/mol. The molecule has 0 radical (unpaired) electrons. The molecule has 0 saturated carbocycles. The molecule has 0 spiro atoms. The average Bonchev–Trinajstić information content (AvgIpc) is 2.35. The smallest absolute Gasteiger partial charge is 0.255 e. The second-order valence-corrected chi connectivity index (χ2v) is 4.12. The Bertz CT molecular complexity index is 435. The number of carbonyl (C=O) groups excluding carboxylic acids is 2. The number of benzene rings is 1. The van der Waals surface area contributed by atoms with Crippen LogP contribution in [0.3, 0.4) is 0 Å². The molecule has 0 aliphatic rings. The summed E-state index contributed by atoms with van der Waals surface area (Å²) in [5.41, 5.74) is 0.389. The van der Waals surface area contributed by atoms with Crippen molar-refractivity contribution in [1.82, 2.24) is 10.6 Å². The number of nitrogens with one attached hydrogen (secondary N) is 2. The molecule has 5 nitrogen and oxygen atoms in total. The number of halogens is 1. The van der Waals surface area contributed by atoms with Gasteiger partial charge in [-0.2, -0.15) is 0 Å². The Balaban J connectivity index is 2.78. The van der Waals surface area contributed by atoms with Crippen LogP contribution in [0.2, 0.25) is 0 Å². The van der Waals surface area contributed by atoms with Crippen LogP contribution in [0.15, 0.2) is 22.7 Å². The van der Waals surface area contributed by atoms with Gasteiger partial charge in [-0.1, -0.05) is 15.9 Å². The van der Waals surface area contributed by atoms with Gasteiger partial charge in [-0.05, 0) is 18.2 Å². The van der Waals surface area contributed by atoms with Crippen LogP contribution in [0.25, 0.3) is 0 Å². The lowest BCUT2D eigenvalue weighted by Gasteiger charge is -2.09. The molecule has 0 bridgehead atoms. The van der Waals surface area contributed by atoms with Crippen molar-refractivity contribution in [3.8, 4) is 5.75 Å². The molecule has 2 N–H and O–H groups in total. The quantitative estimate of drug-likeness (QED) is 0.869. The van der Waals surface area contributed by atoms with Gasteiger partial charge < -0.3 is 15.4 Å². The summed E-state index contributed by atoms with van der Waals surface area (Å²) in [5.74, 6) is -0.152. The van der Waals surface area contributed by atoms with E-state index in [-0.39, 0.29) is 18.4 Å². The normalized spacial score (nSPS) is 9.59. The molecule has 0 fully saturated rings. The summed E-state index contributed by atoms with van der Waals surface area (Å²) in [4.78, 5) is 22.8. The maximum atomic E-state index is 11.8. The van der Waals surface area contributed by atoms with Crippen molar-refractivity contribution in [2.75, 3.05) is 20.7 Å². The van der Waals surface area contributed by atoms with E-state index in [1.54, 1.807) is 18.2 Å². The Kier molecular flexibility index (Phi) is 4.96. The van der Waals surface area contributed by atoms with Gasteiger partial charge in [0, 0.05) is 11.5 Å². The molecule has 0 aliphatic heterocycles. The molecule has 0 atom stereocenters. The van der Waals surface area contributed by atoms with E-state index in [4.69, 9.17) is 4.74 Å². The molecule has 2 amide bonds. The Morgan fingerprint density at radius 3 is 2.71 bits per heavy atom. The van der Waals surface area contributed by atoms with Crippen LogP contribution in [-0.2, 0) is 4.79 Å². The van der Waals surface area contributed by atoms with E-state index >= 15 is 0 Å². The average molecular weight is 301 g/mol. The van der Waals surface area contributed by atoms with Gasteiger partial charge >= 0.3 is 0 Å². The summed E-state index contributed by atoms with van der Waals surface area (Å²) < 4.78 is 5.91. The van der Waals surface area contributed by atoms with Gasteiger partial charge in [-0.15, -0.1) is 0 Å². The van der Waals surface area contributed by atoms with Gasteiger partial charge in [0.15, 0.2) is 0 Å². The molecular weight excluding hydrogens is 288 g/mol. The number of likely N-dealkylation sites (N-methyl/N-ethyl adjacent to an activating group) is 1. The minimum absolute atomic E-state index is 0.0610. The zero-order chi connectivity index (χ0) is 12.8. The van der Waals surface area contributed by atoms with Crippen LogP contribution in [0.5, 0.6) is 5.75 Å². The van der Waals surface area contributed by atoms with Gasteiger partial charge in [-0.25, -0.2) is 0 Å². The third-order valence-corrected chi connectivity index (χ3v) is 2.59. The maximum absolute atomic E-state index is 11.8. The van der Waals surface area contributed by atoms with Gasteiger partial charge in [0.05, 0.1) is 19.2 Å². The summed E-state index contributed by atoms with van der Waals surface area (Å²) in [6.45, 7) is -0.0610. The van der Waals surface area contributed by atoms with E-state index in [1.165, 1.54) is 14.2 Å². The minimum atomic E-state index is -0.349. The SMILES string of the molecule is CNC(=O)CNC(=O)c1ccc(Br)cc1OC. The fraction of sp³-hybridized carbons (Fsp3) is 0.273. The fourth-order valence-electron chi connectivity index (χ4n) is 1.20. The summed E-state index contributed by atoms with van der Waals surface area (Å²) in [7, 11) is 2.99. The molecule has 1 aromatic rings. The van der Waals surface area contributed by atoms with Crippen molar-refractivity contribution < 1.29 is 14.3 Å². The van der Waals surface area contributed by atoms with Crippen molar-refractivity contribution in [2.24, 2.45) is 0 Å². The molecule has 1 rings (SSSR count). The molecule has 92 valence electrons. The third-order valence-electron chi connectivity index (χ3n) is 2.10. The van der Waals surface area contributed by atoms with Crippen molar-refractivity contribution in [3.63, 3.8) is 0 Å². The number of carbonyl (C=O) groups is 2. The Labute approximate surface area is 108 Å². The van der Waals surface area contributed by atoms with Crippen LogP contribution in [0.1, 0.15) is 10.4 Å². The number of methoxy groups -OCH3 is 1. The van der Waals surface area contributed by atoms with Crippen molar-refractivity contribution >= 4 is 27.7 Å². The highest BCUT2D eigenvalue weighted by atomic mass is 79.9. The first-order valence-electron chi connectivity index (χ1n) is 4.90. The first kappa shape index (κ1) is 13.5. The second-order valence-electron chi connectivity index (χ2n) is 3.20. The Morgan fingerprint density at radius 2 is 2.12 bits per heavy atom. The molecule has 6 heteroatoms. The van der Waals surface area contributed by atoms with E-state index < -0.39 is 0 Å². The molecule has 0 aliphatic carbocycles. The molecular formula is C11H13BrN2O3. The van der Waals surface area contributed by atoms with Crippen LogP contribution >= 0.6 is 15.9 Å². The Hall–Kier alpha value is -1.56. The molecule has 0 aromatic heterocycles. The zero-order valence-electron chi connectivity index (χ0n) is 9.54. The first-order chi connectivity index (χ1) is 8.08. The number of amides is 2. The largest absolute Gasteiger partial charge is 0.496 e. The van der Waals surface area contributed by atoms with Gasteiger partial charge in [0.1, 0.15) is 5.75 Å². The van der Waals surface area contributed by atoms with E-state index in [9.17, 15) is 9.59 Å². The van der Waals surface area contributed by atoms with Crippen LogP contribution in [-0.4, -0.2) is 32.5 Å². The molecule has 0 saturated heterocycles. The van der Waals surface area contributed by atoms with Crippen LogP contribution < -0.4 is 15.4 Å². The number of hydrogen-bond acceptors (Lipinski definition) is 3. The topological polar surface area (TPSA) is 67.4 Å². The van der Waals surface area contributed by atoms with Crippen molar-refractivity contribution in [1.29, 1.82) is 0 Å². The number of ether oxygens (including phenoxy) is 1. The van der Waals surface area contributed by atoms with E-state index in [1.807, 2.05) is 0 Å². The number of rotatable bonds is 4. The van der Waals surface area contributed by atoms with Crippen LogP contribution in [0, 0.1) is 0 Å². The maximum Gasteiger partial charge on any atom is 0.255 e. The lowest BCUT2D eigenvalue weighted by Crippen LogP contribution is -2.35. The summed E-state index contributed by atoms with van der Waals surface area (Å²) in [5, 5.41) is 4.91. The second kappa shape index (κ2) is 6.24. The van der Waals surface area contributed by atoms with Crippen molar-refractivity contribution in [2.45, 2.75) is 0 Å². The van der Waals surface area contributed by atoms with Crippen LogP contribution in [0.4, 0.5) is 0 Å². The lowest BCUT2D eigenvalue weighted by molar-refractivity contribution is -0.119. The minimum Gasteiger partial charge on any atom is -0.496 e. The van der Waals surface area contributed by atoms with Crippen molar-refractivity contribution in [3.05, 3.63) is 28.2 Å².